The molecule has 42 valence electrons. The number of nitrogens with two attached hydrogens (primary N) is 1. The normalized spacial score (nSPS) is 13.4. The lowest BCUT2D eigenvalue weighted by Crippen LogP contribution is -2.33. The summed E-state index contributed by atoms with van der Waals surface area (Å²) in [6, 6.07) is -1.13. The van der Waals surface area contributed by atoms with Gasteiger partial charge in [-0.2, -0.15) is 0 Å². The van der Waals surface area contributed by atoms with Crippen LogP contribution in [0.4, 0.5) is 0 Å². The van der Waals surface area contributed by atoms with Gasteiger partial charge in [0.15, 0.2) is 0 Å². The van der Waals surface area contributed by atoms with Gasteiger partial charge in [-0.3, -0.25) is 4.79 Å². The first-order valence-corrected chi connectivity index (χ1v) is 1.77. The number of hydrogen-bond acceptors (Lipinski definition) is 3. The average Bonchev–Trinajstić information content (AvgIpc) is 1.65. The molecule has 1 atom stereocenters. The minimum atomic E-state index is -1.18. The van der Waals surface area contributed by atoms with E-state index in [9.17, 15) is 4.79 Å². The van der Waals surface area contributed by atoms with Crippen molar-refractivity contribution in [2.45, 2.75) is 6.04 Å². The van der Waals surface area contributed by atoms with Crippen molar-refractivity contribution >= 4 is 5.97 Å². The van der Waals surface area contributed by atoms with Gasteiger partial charge in [0.1, 0.15) is 6.04 Å². The Morgan fingerprint density at radius 3 is 2.29 bits per heavy atom. The molecule has 0 unspecified atom stereocenters. The van der Waals surface area contributed by atoms with E-state index in [0.717, 1.165) is 0 Å². The SMILES string of the molecule is N[C@@H](CO)[13C](=O)O. The Morgan fingerprint density at radius 2 is 2.29 bits per heavy atom. The molecule has 0 spiro atoms. The highest BCUT2D eigenvalue weighted by Crippen LogP contribution is 1.71. The number of aliphatic hydroxyl groups is 1. The second kappa shape index (κ2) is 2.54. The van der Waals surface area contributed by atoms with Gasteiger partial charge in [0.2, 0.25) is 0 Å². The number of rotatable bonds is 2. The Balaban J connectivity index is 3.34. The molecule has 0 aromatic carbocycles. The molecule has 0 rings (SSSR count). The van der Waals surface area contributed by atoms with E-state index in [-0.39, 0.29) is 0 Å². The standard InChI is InChI=1S/C3H7NO3/c4-2(1-5)3(6)7/h2,5H,1,4H2,(H,6,7)/t2-/m0/s1/i3+1. The zero-order chi connectivity index (χ0) is 5.86. The maximum atomic E-state index is 9.65. The van der Waals surface area contributed by atoms with Crippen molar-refractivity contribution in [2.75, 3.05) is 6.61 Å². The Kier molecular flexibility index (Phi) is 2.32. The molecule has 0 aliphatic heterocycles. The summed E-state index contributed by atoms with van der Waals surface area (Å²) in [7, 11) is 0. The third-order valence-corrected chi connectivity index (χ3v) is 0.514. The summed E-state index contributed by atoms with van der Waals surface area (Å²) in [4.78, 5) is 9.65. The van der Waals surface area contributed by atoms with Crippen molar-refractivity contribution in [1.82, 2.24) is 0 Å². The van der Waals surface area contributed by atoms with Gasteiger partial charge in [0.25, 0.3) is 0 Å². The summed E-state index contributed by atoms with van der Waals surface area (Å²) in [5.74, 6) is -1.18. The molecule has 4 heteroatoms. The van der Waals surface area contributed by atoms with Crippen LogP contribution in [0.1, 0.15) is 0 Å². The molecule has 0 saturated carbocycles. The summed E-state index contributed by atoms with van der Waals surface area (Å²) in [5.41, 5.74) is 4.77. The van der Waals surface area contributed by atoms with Crippen molar-refractivity contribution in [3.63, 3.8) is 0 Å². The number of aliphatic hydroxyl groups excluding tert-OH is 1. The molecule has 0 amide bonds. The second-order valence-electron chi connectivity index (χ2n) is 1.13. The Hall–Kier alpha value is -0.610. The molecule has 4 nitrogen and oxygen atoms in total. The van der Waals surface area contributed by atoms with Crippen LogP contribution < -0.4 is 5.73 Å². The highest BCUT2D eigenvalue weighted by Gasteiger charge is 2.06. The van der Waals surface area contributed by atoms with Crippen molar-refractivity contribution in [2.24, 2.45) is 5.73 Å². The third-order valence-electron chi connectivity index (χ3n) is 0.514. The number of aliphatic carboxylic acids is 1. The maximum Gasteiger partial charge on any atom is 0.322 e. The van der Waals surface area contributed by atoms with E-state index < -0.39 is 18.6 Å². The fourth-order valence-electron chi connectivity index (χ4n) is 0.0781. The van der Waals surface area contributed by atoms with Gasteiger partial charge in [0, 0.05) is 0 Å². The fourth-order valence-corrected chi connectivity index (χ4v) is 0.0781. The van der Waals surface area contributed by atoms with Gasteiger partial charge in [-0.1, -0.05) is 0 Å². The smallest absolute Gasteiger partial charge is 0.322 e. The van der Waals surface area contributed by atoms with Crippen molar-refractivity contribution in [1.29, 1.82) is 0 Å². The lowest BCUT2D eigenvalue weighted by molar-refractivity contribution is -0.139. The highest BCUT2D eigenvalue weighted by atomic mass is 16.5. The average molecular weight is 106 g/mol. The Labute approximate surface area is 40.6 Å². The summed E-state index contributed by atoms with van der Waals surface area (Å²) in [6.45, 7) is -0.505. The quantitative estimate of drug-likeness (QED) is 0.370. The van der Waals surface area contributed by atoms with Crippen LogP contribution in [-0.2, 0) is 4.79 Å². The van der Waals surface area contributed by atoms with E-state index in [1.54, 1.807) is 0 Å². The summed E-state index contributed by atoms with van der Waals surface area (Å²) in [6.07, 6.45) is 0. The third kappa shape index (κ3) is 2.13. The monoisotopic (exact) mass is 106 g/mol. The van der Waals surface area contributed by atoms with E-state index in [1.807, 2.05) is 0 Å². The molecule has 0 heterocycles. The van der Waals surface area contributed by atoms with Crippen LogP contribution in [0.2, 0.25) is 0 Å². The van der Waals surface area contributed by atoms with E-state index >= 15 is 0 Å². The minimum absolute atomic E-state index is 0.505. The molecular weight excluding hydrogens is 99.0 g/mol. The number of carboxylic acid groups (broad SMARTS) is 1. The number of carboxylic acids is 1. The molecule has 0 saturated heterocycles. The largest absolute Gasteiger partial charge is 0.480 e. The predicted octanol–water partition coefficient (Wildman–Crippen LogP) is -1.61. The molecule has 7 heavy (non-hydrogen) atoms. The van der Waals surface area contributed by atoms with Crippen molar-refractivity contribution in [3.8, 4) is 0 Å². The van der Waals surface area contributed by atoms with Crippen LogP contribution >= 0.6 is 0 Å². The lowest BCUT2D eigenvalue weighted by Gasteiger charge is -1.96. The molecule has 0 aromatic heterocycles. The van der Waals surface area contributed by atoms with Gasteiger partial charge < -0.3 is 15.9 Å². The van der Waals surface area contributed by atoms with Crippen molar-refractivity contribution in [3.05, 3.63) is 0 Å². The first-order valence-electron chi connectivity index (χ1n) is 1.77. The van der Waals surface area contributed by atoms with Crippen LogP contribution in [0.25, 0.3) is 0 Å². The van der Waals surface area contributed by atoms with Crippen molar-refractivity contribution < 1.29 is 15.0 Å². The topological polar surface area (TPSA) is 83.5 Å². The summed E-state index contributed by atoms with van der Waals surface area (Å²) < 4.78 is 0. The molecule has 0 fully saturated rings. The van der Waals surface area contributed by atoms with E-state index in [1.165, 1.54) is 0 Å². The second-order valence-corrected chi connectivity index (χ2v) is 1.13. The fraction of sp³-hybridized carbons (Fsp3) is 0.667. The van der Waals surface area contributed by atoms with Crippen LogP contribution in [-0.4, -0.2) is 28.8 Å². The van der Waals surface area contributed by atoms with Gasteiger partial charge in [0.05, 0.1) is 6.61 Å². The summed E-state index contributed by atoms with van der Waals surface area (Å²) >= 11 is 0. The van der Waals surface area contributed by atoms with Gasteiger partial charge in [-0.25, -0.2) is 0 Å². The number of hydrogen-bond donors (Lipinski definition) is 3. The molecular formula is C3H7NO3. The zero-order valence-corrected chi connectivity index (χ0v) is 3.66. The Bertz CT molecular complexity index is 72.6. The zero-order valence-electron chi connectivity index (χ0n) is 3.66. The molecule has 0 aliphatic rings. The maximum absolute atomic E-state index is 9.65. The highest BCUT2D eigenvalue weighted by molar-refractivity contribution is 5.73. The molecule has 0 aliphatic carbocycles. The van der Waals surface area contributed by atoms with Gasteiger partial charge in [-0.05, 0) is 0 Å². The van der Waals surface area contributed by atoms with E-state index in [4.69, 9.17) is 15.9 Å². The minimum Gasteiger partial charge on any atom is -0.480 e. The lowest BCUT2D eigenvalue weighted by atomic mass is 10.5. The first kappa shape index (κ1) is 6.39. The molecule has 0 radical (unpaired) electrons. The van der Waals surface area contributed by atoms with Gasteiger partial charge in [-0.15, -0.1) is 0 Å². The van der Waals surface area contributed by atoms with Gasteiger partial charge >= 0.3 is 5.97 Å². The van der Waals surface area contributed by atoms with Crippen LogP contribution in [0.15, 0.2) is 0 Å². The van der Waals surface area contributed by atoms with Crippen LogP contribution in [0, 0.1) is 0 Å². The van der Waals surface area contributed by atoms with Crippen LogP contribution in [0.5, 0.6) is 0 Å². The van der Waals surface area contributed by atoms with E-state index in [0.29, 0.717) is 0 Å². The predicted molar refractivity (Wildman–Crippen MR) is 22.7 cm³/mol. The Morgan fingerprint density at radius 1 is 1.86 bits per heavy atom. The molecule has 0 aromatic rings. The first-order chi connectivity index (χ1) is 3.18. The molecule has 4 N–H and O–H groups in total. The number of carbonyl (C=O) groups is 1. The summed E-state index contributed by atoms with van der Waals surface area (Å²) in [5, 5.41) is 15.9. The van der Waals surface area contributed by atoms with E-state index in [2.05, 4.69) is 0 Å². The van der Waals surface area contributed by atoms with Crippen LogP contribution in [0.3, 0.4) is 0 Å². The molecule has 0 bridgehead atoms.